The van der Waals surface area contributed by atoms with Gasteiger partial charge in [-0.1, -0.05) is 0 Å². The monoisotopic (exact) mass is 423 g/mol. The number of amides is 1. The number of hydrogen-bond donors (Lipinski definition) is 1. The Labute approximate surface area is 169 Å². The second kappa shape index (κ2) is 9.02. The molecule has 152 valence electrons. The zero-order valence-corrected chi connectivity index (χ0v) is 17.7. The molecule has 28 heavy (non-hydrogen) atoms. The van der Waals surface area contributed by atoms with Gasteiger partial charge in [0.15, 0.2) is 0 Å². The minimum Gasteiger partial charge on any atom is -0.494 e. The molecular weight excluding hydrogens is 398 g/mol. The summed E-state index contributed by atoms with van der Waals surface area (Å²) >= 11 is 1.52. The maximum atomic E-state index is 12.8. The summed E-state index contributed by atoms with van der Waals surface area (Å²) in [6, 6.07) is 6.46. The van der Waals surface area contributed by atoms with Gasteiger partial charge in [0.05, 0.1) is 18.0 Å². The Morgan fingerprint density at radius 3 is 2.54 bits per heavy atom. The highest BCUT2D eigenvalue weighted by Crippen LogP contribution is 2.25. The Morgan fingerprint density at radius 1 is 1.29 bits per heavy atom. The number of ether oxygens (including phenoxy) is 1. The number of benzene rings is 1. The topological polar surface area (TPSA) is 88.6 Å². The van der Waals surface area contributed by atoms with Gasteiger partial charge in [0.1, 0.15) is 10.8 Å². The van der Waals surface area contributed by atoms with Crippen molar-refractivity contribution in [1.82, 2.24) is 14.6 Å². The third-order valence-electron chi connectivity index (χ3n) is 4.68. The average Bonchev–Trinajstić information content (AvgIpc) is 3.12. The Kier molecular flexibility index (Phi) is 6.69. The number of aromatic nitrogens is 1. The first-order valence-electron chi connectivity index (χ1n) is 9.32. The number of carbonyl (C=O) groups excluding carboxylic acids is 1. The van der Waals surface area contributed by atoms with E-state index >= 15 is 0 Å². The number of piperidine rings is 1. The summed E-state index contributed by atoms with van der Waals surface area (Å²) in [5.41, 5.74) is 0.946. The van der Waals surface area contributed by atoms with E-state index in [0.29, 0.717) is 44.8 Å². The zero-order valence-electron chi connectivity index (χ0n) is 16.1. The van der Waals surface area contributed by atoms with Gasteiger partial charge in [-0.2, -0.15) is 4.31 Å². The van der Waals surface area contributed by atoms with Crippen molar-refractivity contribution in [3.8, 4) is 5.75 Å². The second-order valence-electron chi connectivity index (χ2n) is 6.68. The van der Waals surface area contributed by atoms with E-state index in [1.165, 1.54) is 15.6 Å². The summed E-state index contributed by atoms with van der Waals surface area (Å²) in [6.45, 7) is 5.42. The molecule has 1 aromatic heterocycles. The lowest BCUT2D eigenvalue weighted by molar-refractivity contribution is -0.126. The first-order chi connectivity index (χ1) is 13.4. The Bertz CT molecular complexity index is 902. The molecule has 2 heterocycles. The van der Waals surface area contributed by atoms with Crippen molar-refractivity contribution in [1.29, 1.82) is 0 Å². The number of sulfonamides is 1. The van der Waals surface area contributed by atoms with E-state index < -0.39 is 10.0 Å². The number of nitrogens with one attached hydrogen (secondary N) is 1. The van der Waals surface area contributed by atoms with Crippen LogP contribution < -0.4 is 10.1 Å². The fourth-order valence-electron chi connectivity index (χ4n) is 3.17. The largest absolute Gasteiger partial charge is 0.494 e. The molecule has 0 bridgehead atoms. The predicted molar refractivity (Wildman–Crippen MR) is 108 cm³/mol. The van der Waals surface area contributed by atoms with Crippen LogP contribution in [-0.2, 0) is 21.4 Å². The van der Waals surface area contributed by atoms with Crippen molar-refractivity contribution in [2.75, 3.05) is 19.7 Å². The highest BCUT2D eigenvalue weighted by atomic mass is 32.2. The molecule has 1 aliphatic rings. The molecule has 3 rings (SSSR count). The molecule has 7 nitrogen and oxygen atoms in total. The molecule has 0 aliphatic carbocycles. The lowest BCUT2D eigenvalue weighted by Crippen LogP contribution is -2.42. The SMILES string of the molecule is CCOc1ccc(S(=O)(=O)N2CCC(C(=O)NCc3nc(C)cs3)CC2)cc1. The van der Waals surface area contributed by atoms with Gasteiger partial charge in [-0.25, -0.2) is 13.4 Å². The second-order valence-corrected chi connectivity index (χ2v) is 9.56. The van der Waals surface area contributed by atoms with Gasteiger partial charge in [-0.15, -0.1) is 11.3 Å². The van der Waals surface area contributed by atoms with Crippen LogP contribution in [0, 0.1) is 12.8 Å². The lowest BCUT2D eigenvalue weighted by Gasteiger charge is -2.30. The number of aryl methyl sites for hydroxylation is 1. The van der Waals surface area contributed by atoms with Gasteiger partial charge in [0.25, 0.3) is 0 Å². The molecular formula is C19H25N3O4S2. The first kappa shape index (κ1) is 20.8. The molecule has 0 unspecified atom stereocenters. The smallest absolute Gasteiger partial charge is 0.243 e. The maximum Gasteiger partial charge on any atom is 0.243 e. The summed E-state index contributed by atoms with van der Waals surface area (Å²) < 4.78 is 32.5. The van der Waals surface area contributed by atoms with Crippen LogP contribution in [0.3, 0.4) is 0 Å². The van der Waals surface area contributed by atoms with Gasteiger partial charge < -0.3 is 10.1 Å². The van der Waals surface area contributed by atoms with Crippen LogP contribution in [0.2, 0.25) is 0 Å². The molecule has 1 N–H and O–H groups in total. The molecule has 1 saturated heterocycles. The highest BCUT2D eigenvalue weighted by Gasteiger charge is 2.32. The number of carbonyl (C=O) groups is 1. The molecule has 9 heteroatoms. The first-order valence-corrected chi connectivity index (χ1v) is 11.6. The third kappa shape index (κ3) is 4.89. The minimum atomic E-state index is -3.56. The Hall–Kier alpha value is -1.97. The fraction of sp³-hybridized carbons (Fsp3) is 0.474. The van der Waals surface area contributed by atoms with Gasteiger partial charge in [0, 0.05) is 30.1 Å². The molecule has 1 aromatic carbocycles. The Morgan fingerprint density at radius 2 is 1.96 bits per heavy atom. The van der Waals surface area contributed by atoms with Gasteiger partial charge >= 0.3 is 0 Å². The molecule has 2 aromatic rings. The lowest BCUT2D eigenvalue weighted by atomic mass is 9.97. The normalized spacial score (nSPS) is 16.1. The van der Waals surface area contributed by atoms with Crippen LogP contribution in [0.15, 0.2) is 34.5 Å². The minimum absolute atomic E-state index is 0.0361. The maximum absolute atomic E-state index is 12.8. The van der Waals surface area contributed by atoms with Gasteiger partial charge in [-0.3, -0.25) is 4.79 Å². The van der Waals surface area contributed by atoms with E-state index in [1.807, 2.05) is 19.2 Å². The van der Waals surface area contributed by atoms with Gasteiger partial charge in [0.2, 0.25) is 15.9 Å². The molecule has 0 saturated carbocycles. The van der Waals surface area contributed by atoms with Crippen molar-refractivity contribution in [3.63, 3.8) is 0 Å². The molecule has 0 atom stereocenters. The van der Waals surface area contributed by atoms with E-state index in [-0.39, 0.29) is 16.7 Å². The standard InChI is InChI=1S/C19H25N3O4S2/c1-3-26-16-4-6-17(7-5-16)28(24,25)22-10-8-15(9-11-22)19(23)20-12-18-21-14(2)13-27-18/h4-7,13,15H,3,8-12H2,1-2H3,(H,20,23). The number of thiazole rings is 1. The van der Waals surface area contributed by atoms with Crippen molar-refractivity contribution in [2.24, 2.45) is 5.92 Å². The van der Waals surface area contributed by atoms with E-state index in [4.69, 9.17) is 4.74 Å². The van der Waals surface area contributed by atoms with Crippen LogP contribution >= 0.6 is 11.3 Å². The van der Waals surface area contributed by atoms with Crippen molar-refractivity contribution in [2.45, 2.75) is 38.1 Å². The summed E-state index contributed by atoms with van der Waals surface area (Å²) in [5, 5.41) is 5.74. The quantitative estimate of drug-likeness (QED) is 0.739. The highest BCUT2D eigenvalue weighted by molar-refractivity contribution is 7.89. The number of nitrogens with zero attached hydrogens (tertiary/aromatic N) is 2. The van der Waals surface area contributed by atoms with Crippen LogP contribution in [0.4, 0.5) is 0 Å². The number of hydrogen-bond acceptors (Lipinski definition) is 6. The van der Waals surface area contributed by atoms with E-state index in [0.717, 1.165) is 10.7 Å². The third-order valence-corrected chi connectivity index (χ3v) is 7.56. The van der Waals surface area contributed by atoms with Gasteiger partial charge in [-0.05, 0) is 51.0 Å². The van der Waals surface area contributed by atoms with Crippen LogP contribution in [0.1, 0.15) is 30.5 Å². The van der Waals surface area contributed by atoms with Crippen molar-refractivity contribution < 1.29 is 17.9 Å². The fourth-order valence-corrected chi connectivity index (χ4v) is 5.35. The summed E-state index contributed by atoms with van der Waals surface area (Å²) in [6.07, 6.45) is 1.03. The molecule has 0 spiro atoms. The molecule has 1 aliphatic heterocycles. The van der Waals surface area contributed by atoms with Crippen molar-refractivity contribution in [3.05, 3.63) is 40.3 Å². The van der Waals surface area contributed by atoms with E-state index in [9.17, 15) is 13.2 Å². The molecule has 0 radical (unpaired) electrons. The molecule has 1 amide bonds. The number of rotatable bonds is 7. The van der Waals surface area contributed by atoms with Crippen LogP contribution in [0.25, 0.3) is 0 Å². The molecule has 1 fully saturated rings. The van der Waals surface area contributed by atoms with E-state index in [2.05, 4.69) is 10.3 Å². The van der Waals surface area contributed by atoms with Crippen LogP contribution in [0.5, 0.6) is 5.75 Å². The van der Waals surface area contributed by atoms with Crippen molar-refractivity contribution >= 4 is 27.3 Å². The zero-order chi connectivity index (χ0) is 20.1. The van der Waals surface area contributed by atoms with E-state index in [1.54, 1.807) is 24.3 Å². The Balaban J connectivity index is 1.54. The summed E-state index contributed by atoms with van der Waals surface area (Å²) in [4.78, 5) is 17.0. The summed E-state index contributed by atoms with van der Waals surface area (Å²) in [7, 11) is -3.56. The van der Waals surface area contributed by atoms with Crippen LogP contribution in [-0.4, -0.2) is 43.3 Å². The average molecular weight is 424 g/mol. The predicted octanol–water partition coefficient (Wildman–Crippen LogP) is 2.57. The summed E-state index contributed by atoms with van der Waals surface area (Å²) in [5.74, 6) is 0.436.